The van der Waals surface area contributed by atoms with E-state index in [2.05, 4.69) is 22.4 Å². The van der Waals surface area contributed by atoms with E-state index >= 15 is 0 Å². The minimum Gasteiger partial charge on any atom is -0.381 e. The Morgan fingerprint density at radius 2 is 1.70 bits per heavy atom. The standard InChI is InChI=1S/C25H25FN2O2/c26-22-7-5-19(6-8-22)18-28-24(29)25(11-15-30-16-12-25)17-21-3-1-2-4-23(21)20-9-13-27-14-10-20/h1-10,13-14H,11-12,15-18H2,(H,28,29). The fourth-order valence-corrected chi connectivity index (χ4v) is 4.07. The first-order chi connectivity index (χ1) is 14.7. The third-order valence-electron chi connectivity index (χ3n) is 5.84. The Hall–Kier alpha value is -3.05. The number of hydrogen-bond acceptors (Lipinski definition) is 3. The number of halogens is 1. The maximum atomic E-state index is 13.4. The molecule has 2 aromatic carbocycles. The van der Waals surface area contributed by atoms with Crippen molar-refractivity contribution in [2.24, 2.45) is 5.41 Å². The molecule has 30 heavy (non-hydrogen) atoms. The van der Waals surface area contributed by atoms with Crippen LogP contribution in [0.25, 0.3) is 11.1 Å². The van der Waals surface area contributed by atoms with Gasteiger partial charge in [0, 0.05) is 32.2 Å². The lowest BCUT2D eigenvalue weighted by Crippen LogP contribution is -2.46. The number of carbonyl (C=O) groups excluding carboxylic acids is 1. The number of benzene rings is 2. The maximum absolute atomic E-state index is 13.4. The molecule has 1 saturated heterocycles. The molecule has 0 unspecified atom stereocenters. The zero-order valence-electron chi connectivity index (χ0n) is 16.8. The Kier molecular flexibility index (Phi) is 6.19. The monoisotopic (exact) mass is 404 g/mol. The van der Waals surface area contributed by atoms with Gasteiger partial charge in [0.05, 0.1) is 5.41 Å². The molecule has 0 radical (unpaired) electrons. The molecule has 154 valence electrons. The quantitative estimate of drug-likeness (QED) is 0.656. The lowest BCUT2D eigenvalue weighted by Gasteiger charge is -2.36. The summed E-state index contributed by atoms with van der Waals surface area (Å²) in [6.07, 6.45) is 5.56. The lowest BCUT2D eigenvalue weighted by molar-refractivity contribution is -0.136. The molecule has 4 nitrogen and oxygen atoms in total. The van der Waals surface area contributed by atoms with Crippen molar-refractivity contribution in [2.45, 2.75) is 25.8 Å². The van der Waals surface area contributed by atoms with E-state index in [0.717, 1.165) is 22.3 Å². The van der Waals surface area contributed by atoms with Gasteiger partial charge in [-0.1, -0.05) is 36.4 Å². The van der Waals surface area contributed by atoms with Crippen molar-refractivity contribution < 1.29 is 13.9 Å². The molecule has 0 atom stereocenters. The van der Waals surface area contributed by atoms with Crippen LogP contribution in [0.15, 0.2) is 73.1 Å². The normalized spacial score (nSPS) is 15.5. The summed E-state index contributed by atoms with van der Waals surface area (Å²) in [4.78, 5) is 17.5. The number of rotatable bonds is 6. The van der Waals surface area contributed by atoms with E-state index in [9.17, 15) is 9.18 Å². The number of nitrogens with zero attached hydrogens (tertiary/aromatic N) is 1. The van der Waals surface area contributed by atoms with Gasteiger partial charge >= 0.3 is 0 Å². The molecule has 0 spiro atoms. The van der Waals surface area contributed by atoms with Crippen LogP contribution in [0.2, 0.25) is 0 Å². The van der Waals surface area contributed by atoms with Gasteiger partial charge in [-0.25, -0.2) is 4.39 Å². The van der Waals surface area contributed by atoms with E-state index in [1.807, 2.05) is 24.3 Å². The van der Waals surface area contributed by atoms with Crippen LogP contribution in [0.4, 0.5) is 4.39 Å². The second kappa shape index (κ2) is 9.18. The van der Waals surface area contributed by atoms with Crippen LogP contribution in [-0.2, 0) is 22.5 Å². The van der Waals surface area contributed by atoms with Gasteiger partial charge in [0.15, 0.2) is 0 Å². The summed E-state index contributed by atoms with van der Waals surface area (Å²) in [6.45, 7) is 1.52. The second-order valence-corrected chi connectivity index (χ2v) is 7.77. The molecule has 0 bridgehead atoms. The molecule has 2 heterocycles. The number of aromatic nitrogens is 1. The Labute approximate surface area is 176 Å². The zero-order chi connectivity index (χ0) is 20.8. The van der Waals surface area contributed by atoms with Crippen molar-refractivity contribution in [2.75, 3.05) is 13.2 Å². The summed E-state index contributed by atoms with van der Waals surface area (Å²) in [7, 11) is 0. The van der Waals surface area contributed by atoms with Crippen molar-refractivity contribution in [1.82, 2.24) is 10.3 Å². The van der Waals surface area contributed by atoms with Gasteiger partial charge in [-0.3, -0.25) is 9.78 Å². The first kappa shape index (κ1) is 20.2. The highest BCUT2D eigenvalue weighted by Crippen LogP contribution is 2.37. The van der Waals surface area contributed by atoms with E-state index < -0.39 is 5.41 Å². The van der Waals surface area contributed by atoms with Gasteiger partial charge in [-0.15, -0.1) is 0 Å². The first-order valence-corrected chi connectivity index (χ1v) is 10.3. The number of pyridine rings is 1. The predicted octanol–water partition coefficient (Wildman–Crippen LogP) is 4.54. The Bertz CT molecular complexity index is 984. The van der Waals surface area contributed by atoms with Gasteiger partial charge in [0.25, 0.3) is 0 Å². The number of hydrogen-bond donors (Lipinski definition) is 1. The molecule has 1 aliphatic heterocycles. The average Bonchev–Trinajstić information content (AvgIpc) is 2.80. The molecule has 1 amide bonds. The van der Waals surface area contributed by atoms with E-state index in [-0.39, 0.29) is 11.7 Å². The van der Waals surface area contributed by atoms with Crippen LogP contribution in [0, 0.1) is 11.2 Å². The number of ether oxygens (including phenoxy) is 1. The van der Waals surface area contributed by atoms with Crippen LogP contribution in [0.3, 0.4) is 0 Å². The molecule has 0 aliphatic carbocycles. The van der Waals surface area contributed by atoms with Gasteiger partial charge < -0.3 is 10.1 Å². The maximum Gasteiger partial charge on any atom is 0.226 e. The Morgan fingerprint density at radius 1 is 1.00 bits per heavy atom. The fourth-order valence-electron chi connectivity index (χ4n) is 4.07. The van der Waals surface area contributed by atoms with Crippen molar-refractivity contribution in [3.05, 3.63) is 90.0 Å². The molecule has 1 aromatic heterocycles. The Balaban J connectivity index is 1.57. The molecular formula is C25H25FN2O2. The average molecular weight is 404 g/mol. The highest BCUT2D eigenvalue weighted by molar-refractivity contribution is 5.83. The topological polar surface area (TPSA) is 51.2 Å². The van der Waals surface area contributed by atoms with E-state index in [1.165, 1.54) is 12.1 Å². The van der Waals surface area contributed by atoms with Crippen LogP contribution in [0.1, 0.15) is 24.0 Å². The van der Waals surface area contributed by atoms with Crippen molar-refractivity contribution in [1.29, 1.82) is 0 Å². The van der Waals surface area contributed by atoms with E-state index in [1.54, 1.807) is 24.5 Å². The summed E-state index contributed by atoms with van der Waals surface area (Å²) in [6, 6.07) is 18.4. The third-order valence-corrected chi connectivity index (χ3v) is 5.84. The van der Waals surface area contributed by atoms with Gasteiger partial charge in [-0.2, -0.15) is 0 Å². The van der Waals surface area contributed by atoms with Crippen molar-refractivity contribution in [3.63, 3.8) is 0 Å². The summed E-state index contributed by atoms with van der Waals surface area (Å²) >= 11 is 0. The molecule has 0 saturated carbocycles. The van der Waals surface area contributed by atoms with Gasteiger partial charge in [-0.05, 0) is 65.8 Å². The van der Waals surface area contributed by atoms with Gasteiger partial charge in [0.1, 0.15) is 5.82 Å². The molecule has 5 heteroatoms. The number of nitrogens with one attached hydrogen (secondary N) is 1. The van der Waals surface area contributed by atoms with Crippen LogP contribution >= 0.6 is 0 Å². The van der Waals surface area contributed by atoms with Crippen molar-refractivity contribution >= 4 is 5.91 Å². The predicted molar refractivity (Wildman–Crippen MR) is 114 cm³/mol. The number of amides is 1. The van der Waals surface area contributed by atoms with Crippen LogP contribution in [0.5, 0.6) is 0 Å². The third kappa shape index (κ3) is 4.57. The highest BCUT2D eigenvalue weighted by atomic mass is 19.1. The first-order valence-electron chi connectivity index (χ1n) is 10.3. The van der Waals surface area contributed by atoms with Crippen LogP contribution in [-0.4, -0.2) is 24.1 Å². The minimum atomic E-state index is -0.526. The lowest BCUT2D eigenvalue weighted by atomic mass is 9.73. The summed E-state index contributed by atoms with van der Waals surface area (Å²) in [5, 5.41) is 3.08. The largest absolute Gasteiger partial charge is 0.381 e. The summed E-state index contributed by atoms with van der Waals surface area (Å²) in [5.74, 6) is -0.252. The van der Waals surface area contributed by atoms with Crippen LogP contribution < -0.4 is 5.32 Å². The molecule has 1 N–H and O–H groups in total. The molecule has 3 aromatic rings. The van der Waals surface area contributed by atoms with Crippen molar-refractivity contribution in [3.8, 4) is 11.1 Å². The number of carbonyl (C=O) groups is 1. The zero-order valence-corrected chi connectivity index (χ0v) is 16.8. The smallest absolute Gasteiger partial charge is 0.226 e. The Morgan fingerprint density at radius 3 is 2.43 bits per heavy atom. The second-order valence-electron chi connectivity index (χ2n) is 7.77. The summed E-state index contributed by atoms with van der Waals surface area (Å²) < 4.78 is 18.7. The van der Waals surface area contributed by atoms with Gasteiger partial charge in [0.2, 0.25) is 5.91 Å². The van der Waals surface area contributed by atoms with E-state index in [0.29, 0.717) is 39.0 Å². The van der Waals surface area contributed by atoms with E-state index in [4.69, 9.17) is 4.74 Å². The fraction of sp³-hybridized carbons (Fsp3) is 0.280. The molecule has 4 rings (SSSR count). The summed E-state index contributed by atoms with van der Waals surface area (Å²) in [5.41, 5.74) is 3.71. The molecule has 1 aliphatic rings. The molecular weight excluding hydrogens is 379 g/mol. The molecule has 1 fully saturated rings. The highest BCUT2D eigenvalue weighted by Gasteiger charge is 2.40. The minimum absolute atomic E-state index is 0.0275. The SMILES string of the molecule is O=C(NCc1ccc(F)cc1)C1(Cc2ccccc2-c2ccncc2)CCOCC1.